The normalized spacial score (nSPS) is 15.6. The number of aryl methyl sites for hydroxylation is 1. The minimum absolute atomic E-state index is 0.110. The van der Waals surface area contributed by atoms with Crippen LogP contribution in [-0.2, 0) is 27.8 Å². The van der Waals surface area contributed by atoms with Gasteiger partial charge in [-0.1, -0.05) is 36.4 Å². The fourth-order valence-electron chi connectivity index (χ4n) is 4.24. The van der Waals surface area contributed by atoms with Crippen LogP contribution < -0.4 is 9.62 Å². The van der Waals surface area contributed by atoms with E-state index >= 15 is 0 Å². The summed E-state index contributed by atoms with van der Waals surface area (Å²) in [6.07, 6.45) is 4.11. The van der Waals surface area contributed by atoms with Gasteiger partial charge in [0.25, 0.3) is 15.9 Å². The van der Waals surface area contributed by atoms with Crippen LogP contribution in [0, 0.1) is 5.92 Å². The van der Waals surface area contributed by atoms with E-state index < -0.39 is 10.0 Å². The Hall–Kier alpha value is -3.16. The van der Waals surface area contributed by atoms with Crippen LogP contribution in [0.5, 0.6) is 0 Å². The molecule has 1 heterocycles. The number of hydrogen-bond donors (Lipinski definition) is 1. The number of nitrogens with one attached hydrogen (secondary N) is 1. The van der Waals surface area contributed by atoms with E-state index in [0.29, 0.717) is 36.0 Å². The maximum Gasteiger partial charge on any atom is 0.264 e. The number of benzene rings is 3. The Morgan fingerprint density at radius 1 is 1.00 bits per heavy atom. The van der Waals surface area contributed by atoms with Gasteiger partial charge in [-0.25, -0.2) is 8.42 Å². The van der Waals surface area contributed by atoms with Crippen molar-refractivity contribution >= 4 is 27.3 Å². The van der Waals surface area contributed by atoms with Gasteiger partial charge in [0.2, 0.25) is 0 Å². The number of anilines is 2. The minimum atomic E-state index is -3.79. The molecule has 3 aromatic rings. The van der Waals surface area contributed by atoms with Gasteiger partial charge in [0, 0.05) is 24.4 Å². The molecule has 0 atom stereocenters. The second kappa shape index (κ2) is 9.60. The molecule has 0 radical (unpaired) electrons. The predicted molar refractivity (Wildman–Crippen MR) is 133 cm³/mol. The van der Waals surface area contributed by atoms with Crippen molar-refractivity contribution in [2.75, 3.05) is 22.8 Å². The van der Waals surface area contributed by atoms with Gasteiger partial charge in [0.15, 0.2) is 0 Å². The summed E-state index contributed by atoms with van der Waals surface area (Å²) in [6.45, 7) is 1.70. The second-order valence-electron chi connectivity index (χ2n) is 8.95. The molecule has 1 N–H and O–H groups in total. The standard InChI is InChI=1S/C27H28N2O4S/c30-27(28-24-10-3-6-21(16-24)19-33-18-20-13-14-20)23-8-4-11-25(17-23)34(31,32)29-15-5-9-22-7-1-2-12-26(22)29/h1-4,6-8,10-12,16-17,20H,5,9,13-15,18-19H2,(H,28,30). The van der Waals surface area contributed by atoms with Gasteiger partial charge in [0.1, 0.15) is 0 Å². The average molecular weight is 477 g/mol. The summed E-state index contributed by atoms with van der Waals surface area (Å²) < 4.78 is 34.1. The highest BCUT2D eigenvalue weighted by molar-refractivity contribution is 7.92. The molecule has 0 saturated heterocycles. The van der Waals surface area contributed by atoms with Crippen LogP contribution >= 0.6 is 0 Å². The first-order valence-corrected chi connectivity index (χ1v) is 13.1. The molecule has 1 saturated carbocycles. The third-order valence-electron chi connectivity index (χ3n) is 6.26. The highest BCUT2D eigenvalue weighted by atomic mass is 32.2. The molecule has 1 aliphatic carbocycles. The Balaban J connectivity index is 1.32. The molecule has 3 aromatic carbocycles. The van der Waals surface area contributed by atoms with Crippen molar-refractivity contribution in [2.24, 2.45) is 5.92 Å². The number of rotatable bonds is 8. The van der Waals surface area contributed by atoms with Gasteiger partial charge in [0.05, 0.1) is 17.2 Å². The molecule has 0 bridgehead atoms. The molecule has 2 aliphatic rings. The molecular formula is C27H28N2O4S. The van der Waals surface area contributed by atoms with Crippen LogP contribution in [-0.4, -0.2) is 27.5 Å². The Labute approximate surface area is 200 Å². The largest absolute Gasteiger partial charge is 0.376 e. The molecule has 0 unspecified atom stereocenters. The molecule has 6 nitrogen and oxygen atoms in total. The van der Waals surface area contributed by atoms with Crippen LogP contribution in [0.2, 0.25) is 0 Å². The summed E-state index contributed by atoms with van der Waals surface area (Å²) in [5.74, 6) is 0.344. The Morgan fingerprint density at radius 2 is 1.82 bits per heavy atom. The smallest absolute Gasteiger partial charge is 0.264 e. The van der Waals surface area contributed by atoms with E-state index in [2.05, 4.69) is 5.32 Å². The quantitative estimate of drug-likeness (QED) is 0.496. The number of nitrogens with zero attached hydrogens (tertiary/aromatic N) is 1. The summed E-state index contributed by atoms with van der Waals surface area (Å²) in [7, 11) is -3.79. The molecular weight excluding hydrogens is 448 g/mol. The van der Waals surface area contributed by atoms with Crippen molar-refractivity contribution < 1.29 is 17.9 Å². The Morgan fingerprint density at radius 3 is 2.68 bits per heavy atom. The first kappa shape index (κ1) is 22.6. The number of ether oxygens (including phenoxy) is 1. The lowest BCUT2D eigenvalue weighted by molar-refractivity contribution is 0.102. The van der Waals surface area contributed by atoms with Crippen molar-refractivity contribution in [3.63, 3.8) is 0 Å². The van der Waals surface area contributed by atoms with Crippen molar-refractivity contribution in [1.29, 1.82) is 0 Å². The van der Waals surface area contributed by atoms with Crippen molar-refractivity contribution in [2.45, 2.75) is 37.2 Å². The zero-order valence-corrected chi connectivity index (χ0v) is 19.8. The van der Waals surface area contributed by atoms with Gasteiger partial charge < -0.3 is 10.1 Å². The SMILES string of the molecule is O=C(Nc1cccc(COCC2CC2)c1)c1cccc(S(=O)(=O)N2CCCc3ccccc32)c1. The van der Waals surface area contributed by atoms with Gasteiger partial charge in [-0.05, 0) is 79.1 Å². The Kier molecular flexibility index (Phi) is 6.39. The summed E-state index contributed by atoms with van der Waals surface area (Å²) in [5, 5.41) is 2.88. The predicted octanol–water partition coefficient (Wildman–Crippen LogP) is 5.01. The van der Waals surface area contributed by atoms with Crippen molar-refractivity contribution in [3.8, 4) is 0 Å². The fourth-order valence-corrected chi connectivity index (χ4v) is 5.83. The van der Waals surface area contributed by atoms with Gasteiger partial charge in [-0.2, -0.15) is 0 Å². The highest BCUT2D eigenvalue weighted by Gasteiger charge is 2.29. The number of carbonyl (C=O) groups excluding carboxylic acids is 1. The molecule has 1 aliphatic heterocycles. The lowest BCUT2D eigenvalue weighted by Crippen LogP contribution is -2.35. The zero-order chi connectivity index (χ0) is 23.5. The number of fused-ring (bicyclic) bond motifs is 1. The number of amides is 1. The van der Waals surface area contributed by atoms with Crippen LogP contribution in [0.15, 0.2) is 77.7 Å². The van der Waals surface area contributed by atoms with Crippen molar-refractivity contribution in [3.05, 3.63) is 89.5 Å². The van der Waals surface area contributed by atoms with Crippen LogP contribution in [0.1, 0.15) is 40.7 Å². The van der Waals surface area contributed by atoms with Crippen LogP contribution in [0.25, 0.3) is 0 Å². The molecule has 34 heavy (non-hydrogen) atoms. The number of sulfonamides is 1. The second-order valence-corrected chi connectivity index (χ2v) is 10.8. The molecule has 0 spiro atoms. The third-order valence-corrected chi connectivity index (χ3v) is 8.07. The lowest BCUT2D eigenvalue weighted by atomic mass is 10.0. The van der Waals surface area contributed by atoms with Crippen LogP contribution in [0.4, 0.5) is 11.4 Å². The first-order valence-electron chi connectivity index (χ1n) is 11.7. The summed E-state index contributed by atoms with van der Waals surface area (Å²) >= 11 is 0. The first-order chi connectivity index (χ1) is 16.5. The van der Waals surface area contributed by atoms with E-state index in [0.717, 1.165) is 30.6 Å². The van der Waals surface area contributed by atoms with Gasteiger partial charge in [-0.3, -0.25) is 9.10 Å². The monoisotopic (exact) mass is 476 g/mol. The highest BCUT2D eigenvalue weighted by Crippen LogP contribution is 2.32. The Bertz CT molecular complexity index is 1300. The summed E-state index contributed by atoms with van der Waals surface area (Å²) in [4.78, 5) is 13.1. The number of para-hydroxylation sites is 1. The molecule has 176 valence electrons. The third kappa shape index (κ3) is 5.00. The van der Waals surface area contributed by atoms with E-state index in [4.69, 9.17) is 4.74 Å². The van der Waals surface area contributed by atoms with Gasteiger partial charge in [-0.15, -0.1) is 0 Å². The van der Waals surface area contributed by atoms with E-state index in [1.54, 1.807) is 18.2 Å². The molecule has 0 aromatic heterocycles. The van der Waals surface area contributed by atoms with Crippen LogP contribution in [0.3, 0.4) is 0 Å². The maximum atomic E-state index is 13.5. The van der Waals surface area contributed by atoms with E-state index in [9.17, 15) is 13.2 Å². The minimum Gasteiger partial charge on any atom is -0.376 e. The lowest BCUT2D eigenvalue weighted by Gasteiger charge is -2.30. The summed E-state index contributed by atoms with van der Waals surface area (Å²) in [6, 6.07) is 21.3. The number of carbonyl (C=O) groups is 1. The maximum absolute atomic E-state index is 13.5. The molecule has 1 fully saturated rings. The topological polar surface area (TPSA) is 75.7 Å². The van der Waals surface area contributed by atoms with Gasteiger partial charge >= 0.3 is 0 Å². The van der Waals surface area contributed by atoms with E-state index in [-0.39, 0.29) is 10.8 Å². The van der Waals surface area contributed by atoms with E-state index in [1.807, 2.05) is 48.5 Å². The van der Waals surface area contributed by atoms with E-state index in [1.165, 1.54) is 23.2 Å². The average Bonchev–Trinajstić information content (AvgIpc) is 3.68. The van der Waals surface area contributed by atoms with Crippen molar-refractivity contribution in [1.82, 2.24) is 0 Å². The molecule has 1 amide bonds. The molecule has 5 rings (SSSR count). The molecule has 7 heteroatoms. The number of hydrogen-bond acceptors (Lipinski definition) is 4. The fraction of sp³-hybridized carbons (Fsp3) is 0.296. The zero-order valence-electron chi connectivity index (χ0n) is 18.9. The summed E-state index contributed by atoms with van der Waals surface area (Å²) in [5.41, 5.74) is 3.66.